The molecule has 0 aliphatic carbocycles. The molecule has 0 heterocycles. The molecule has 0 fully saturated rings. The van der Waals surface area contributed by atoms with Crippen LogP contribution in [0.25, 0.3) is 0 Å². The molecule has 7 aromatic rings. The van der Waals surface area contributed by atoms with E-state index in [0.29, 0.717) is 0 Å². The molecule has 0 bridgehead atoms. The zero-order valence-electron chi connectivity index (χ0n) is 24.9. The van der Waals surface area contributed by atoms with E-state index in [1.807, 2.05) is 30.3 Å². The van der Waals surface area contributed by atoms with Crippen molar-refractivity contribution < 1.29 is 19.2 Å². The molecule has 7 aromatic carbocycles. The number of benzene rings is 7. The minimum absolute atomic E-state index is 0.446. The molecular formula is C42H35P2Pd. The van der Waals surface area contributed by atoms with E-state index in [1.54, 1.807) is 0 Å². The van der Waals surface area contributed by atoms with Crippen LogP contribution in [0.5, 0.6) is 0 Å². The summed E-state index contributed by atoms with van der Waals surface area (Å²) in [5.41, 5.74) is 0. The predicted molar refractivity (Wildman–Crippen MR) is 196 cm³/mol. The molecule has 7 rings (SSSR count). The summed E-state index contributed by atoms with van der Waals surface area (Å²) < 4.78 is 1.17. The first kappa shape index (κ1) is 32.5. The second kappa shape index (κ2) is 18.1. The quantitative estimate of drug-likeness (QED) is 0.123. The summed E-state index contributed by atoms with van der Waals surface area (Å²) in [6.45, 7) is 0. The molecule has 0 saturated carbocycles. The third-order valence-corrected chi connectivity index (χ3v) is 12.2. The molecule has 3 heteroatoms. The van der Waals surface area contributed by atoms with Crippen LogP contribution in [0.15, 0.2) is 212 Å². The Morgan fingerprint density at radius 1 is 0.222 bits per heavy atom. The maximum atomic E-state index is 3.07. The van der Waals surface area contributed by atoms with E-state index in [9.17, 15) is 0 Å². The van der Waals surface area contributed by atoms with Crippen LogP contribution in [0, 0.1) is 0 Å². The van der Waals surface area contributed by atoms with Crippen LogP contribution in [0.2, 0.25) is 0 Å². The number of hydrogen-bond acceptors (Lipinski definition) is 0. The Labute approximate surface area is 281 Å². The third kappa shape index (κ3) is 10.0. The van der Waals surface area contributed by atoms with E-state index >= 15 is 0 Å². The van der Waals surface area contributed by atoms with Gasteiger partial charge in [-0.2, -0.15) is 0 Å². The molecule has 0 radical (unpaired) electrons. The van der Waals surface area contributed by atoms with Gasteiger partial charge in [0.15, 0.2) is 0 Å². The number of hydrogen-bond donors (Lipinski definition) is 0. The van der Waals surface area contributed by atoms with Crippen molar-refractivity contribution in [2.75, 3.05) is 0 Å². The monoisotopic (exact) mass is 707 g/mol. The van der Waals surface area contributed by atoms with E-state index < -0.39 is 15.8 Å². The Kier molecular flexibility index (Phi) is 13.1. The molecule has 0 atom stereocenters. The fraction of sp³-hybridized carbons (Fsp3) is 0. The Balaban J connectivity index is 0.000000147. The summed E-state index contributed by atoms with van der Waals surface area (Å²) in [5, 5.41) is 8.39. The van der Waals surface area contributed by atoms with Gasteiger partial charge in [-0.3, -0.25) is 0 Å². The molecule has 0 aliphatic rings. The number of rotatable bonds is 6. The minimum Gasteiger partial charge on any atom is -0.0622 e. The Hall–Kier alpha value is -3.94. The molecule has 0 aliphatic heterocycles. The smallest absolute Gasteiger partial charge is 0.0134 e. The van der Waals surface area contributed by atoms with Crippen LogP contribution in [0.4, 0.5) is 0 Å². The van der Waals surface area contributed by atoms with Gasteiger partial charge in [0.25, 0.3) is 0 Å². The zero-order valence-corrected chi connectivity index (χ0v) is 28.3. The first-order valence-electron chi connectivity index (χ1n) is 14.9. The van der Waals surface area contributed by atoms with Crippen molar-refractivity contribution in [3.8, 4) is 0 Å². The van der Waals surface area contributed by atoms with Crippen molar-refractivity contribution in [1.82, 2.24) is 0 Å². The van der Waals surface area contributed by atoms with Crippen LogP contribution >= 0.6 is 15.8 Å². The average Bonchev–Trinajstić information content (AvgIpc) is 3.12. The Morgan fingerprint density at radius 2 is 0.378 bits per heavy atom. The first-order chi connectivity index (χ1) is 22.3. The van der Waals surface area contributed by atoms with Gasteiger partial charge in [-0.1, -0.05) is 182 Å². The van der Waals surface area contributed by atoms with E-state index in [4.69, 9.17) is 0 Å². The molecule has 0 amide bonds. The van der Waals surface area contributed by atoms with Gasteiger partial charge in [-0.15, -0.1) is 0 Å². The van der Waals surface area contributed by atoms with Gasteiger partial charge in [-0.05, 0) is 47.7 Å². The summed E-state index contributed by atoms with van der Waals surface area (Å²) in [7, 11) is -0.892. The van der Waals surface area contributed by atoms with Gasteiger partial charge < -0.3 is 0 Å². The van der Waals surface area contributed by atoms with E-state index in [1.165, 1.54) is 35.9 Å². The molecule has 0 unspecified atom stereocenters. The average molecular weight is 708 g/mol. The Morgan fingerprint density at radius 3 is 0.511 bits per heavy atom. The Bertz CT molecular complexity index is 1460. The van der Waals surface area contributed by atoms with Crippen LogP contribution in [-0.4, -0.2) is 0 Å². The molecule has 0 N–H and O–H groups in total. The van der Waals surface area contributed by atoms with Crippen molar-refractivity contribution in [2.45, 2.75) is 0 Å². The van der Waals surface area contributed by atoms with Crippen molar-refractivity contribution >= 4 is 51.7 Å². The van der Waals surface area contributed by atoms with Gasteiger partial charge in [0, 0.05) is 0 Å². The third-order valence-electron chi connectivity index (χ3n) is 6.80. The summed E-state index contributed by atoms with van der Waals surface area (Å²) >= 11 is 3.07. The van der Waals surface area contributed by atoms with Gasteiger partial charge in [-0.25, -0.2) is 0 Å². The first-order valence-corrected chi connectivity index (χ1v) is 18.3. The SMILES string of the molecule is [Pd][c]1ccccc1.c1ccc(P(c2ccccc2)c2ccccc2)cc1.c1ccc(P(c2ccccc2)c2ccccc2)cc1. The second-order valence-corrected chi connectivity index (χ2v) is 15.3. The molecule has 0 aromatic heterocycles. The largest absolute Gasteiger partial charge is 0.0622 e. The fourth-order valence-corrected chi connectivity index (χ4v) is 9.67. The van der Waals surface area contributed by atoms with Crippen LogP contribution in [-0.2, 0) is 19.2 Å². The molecule has 45 heavy (non-hydrogen) atoms. The van der Waals surface area contributed by atoms with Crippen molar-refractivity contribution in [3.63, 3.8) is 0 Å². The van der Waals surface area contributed by atoms with E-state index in [0.717, 1.165) is 0 Å². The van der Waals surface area contributed by atoms with Crippen LogP contribution in [0.1, 0.15) is 0 Å². The van der Waals surface area contributed by atoms with Gasteiger partial charge in [0.2, 0.25) is 0 Å². The van der Waals surface area contributed by atoms with Crippen molar-refractivity contribution in [3.05, 3.63) is 212 Å². The normalized spacial score (nSPS) is 10.3. The van der Waals surface area contributed by atoms with Crippen molar-refractivity contribution in [1.29, 1.82) is 0 Å². The summed E-state index contributed by atoms with van der Waals surface area (Å²) in [4.78, 5) is 0. The van der Waals surface area contributed by atoms with Crippen LogP contribution < -0.4 is 35.9 Å². The maximum Gasteiger partial charge on any atom is -0.0134 e. The summed E-state index contributed by atoms with van der Waals surface area (Å²) in [6.07, 6.45) is 0. The van der Waals surface area contributed by atoms with Crippen molar-refractivity contribution in [2.24, 2.45) is 0 Å². The maximum absolute atomic E-state index is 3.07. The second-order valence-electron chi connectivity index (χ2n) is 9.94. The molecule has 0 nitrogen and oxygen atoms in total. The van der Waals surface area contributed by atoms with Gasteiger partial charge in [0.05, 0.1) is 0 Å². The van der Waals surface area contributed by atoms with E-state index in [-0.39, 0.29) is 0 Å². The zero-order chi connectivity index (χ0) is 30.9. The van der Waals surface area contributed by atoms with Crippen LogP contribution in [0.3, 0.4) is 0 Å². The minimum atomic E-state index is -0.446. The topological polar surface area (TPSA) is 0 Å². The van der Waals surface area contributed by atoms with E-state index in [2.05, 4.69) is 201 Å². The summed E-state index contributed by atoms with van der Waals surface area (Å²) in [6, 6.07) is 74.7. The molecule has 0 spiro atoms. The standard InChI is InChI=1S/2C18H15P.C6H5.Pd/c2*1-4-10-16(11-5-1)19(17-12-6-2-7-13-17)18-14-8-3-9-15-18;1-2-4-6-5-3-1;/h2*1-15H;1-5H;. The predicted octanol–water partition coefficient (Wildman–Crippen LogP) is 7.75. The molecular weight excluding hydrogens is 673 g/mol. The van der Waals surface area contributed by atoms with Gasteiger partial charge in [0.1, 0.15) is 0 Å². The molecule has 0 saturated heterocycles. The fourth-order valence-electron chi connectivity index (χ4n) is 4.76. The summed E-state index contributed by atoms with van der Waals surface area (Å²) in [5.74, 6) is 0. The molecule has 223 valence electrons. The van der Waals surface area contributed by atoms with Gasteiger partial charge >= 0.3 is 53.6 Å².